The molecule has 2 aromatic carbocycles. The summed E-state index contributed by atoms with van der Waals surface area (Å²) in [6, 6.07) is 18.0. The first-order valence-corrected chi connectivity index (χ1v) is 13.8. The van der Waals surface area contributed by atoms with Crippen molar-refractivity contribution >= 4 is 46.7 Å². The minimum atomic E-state index is -1.22. The maximum atomic E-state index is 14.2. The molecule has 38 heavy (non-hydrogen) atoms. The Balaban J connectivity index is 1.69. The van der Waals surface area contributed by atoms with Crippen LogP contribution in [0, 0.1) is 11.8 Å². The maximum absolute atomic E-state index is 14.2. The molecule has 2 heterocycles. The highest BCUT2D eigenvalue weighted by molar-refractivity contribution is 7.18. The predicted molar refractivity (Wildman–Crippen MR) is 148 cm³/mol. The number of ketones is 1. The molecule has 4 atom stereocenters. The molecule has 4 unspecified atom stereocenters. The second-order valence-corrected chi connectivity index (χ2v) is 11.4. The van der Waals surface area contributed by atoms with Gasteiger partial charge in [0.2, 0.25) is 5.91 Å². The number of rotatable bonds is 8. The van der Waals surface area contributed by atoms with Crippen molar-refractivity contribution in [1.29, 1.82) is 0 Å². The number of hydrogen-bond acceptors (Lipinski definition) is 5. The highest BCUT2D eigenvalue weighted by atomic mass is 35.5. The van der Waals surface area contributed by atoms with E-state index in [1.807, 2.05) is 42.5 Å². The molecular formula is C30H28ClNO5S. The van der Waals surface area contributed by atoms with Crippen molar-refractivity contribution in [1.82, 2.24) is 4.90 Å². The lowest BCUT2D eigenvalue weighted by Gasteiger charge is -2.35. The molecular weight excluding hydrogens is 522 g/mol. The van der Waals surface area contributed by atoms with Crippen molar-refractivity contribution in [3.05, 3.63) is 93.1 Å². The van der Waals surface area contributed by atoms with Crippen molar-refractivity contribution < 1.29 is 24.2 Å². The van der Waals surface area contributed by atoms with Crippen LogP contribution in [0.25, 0.3) is 6.08 Å². The lowest BCUT2D eigenvalue weighted by molar-refractivity contribution is -0.152. The molecule has 1 amide bonds. The molecule has 8 heteroatoms. The summed E-state index contributed by atoms with van der Waals surface area (Å²) in [7, 11) is 1.54. The van der Waals surface area contributed by atoms with Gasteiger partial charge >= 0.3 is 5.97 Å². The van der Waals surface area contributed by atoms with Crippen LogP contribution in [-0.2, 0) is 9.59 Å². The molecule has 0 radical (unpaired) electrons. The Morgan fingerprint density at radius 1 is 1.05 bits per heavy atom. The number of amides is 1. The Labute approximate surface area is 230 Å². The Hall–Kier alpha value is -3.42. The molecule has 2 aliphatic rings. The van der Waals surface area contributed by atoms with Crippen LogP contribution in [0.15, 0.2) is 72.8 Å². The first kappa shape index (κ1) is 26.2. The number of Topliss-reactive ketones (excluding diaryl/α,β-unsaturated/α-hetero) is 1. The number of halogens is 1. The molecule has 1 N–H and O–H groups in total. The van der Waals surface area contributed by atoms with Crippen LogP contribution >= 0.6 is 22.9 Å². The van der Waals surface area contributed by atoms with Gasteiger partial charge in [-0.15, -0.1) is 11.3 Å². The zero-order valence-corrected chi connectivity index (χ0v) is 22.4. The van der Waals surface area contributed by atoms with E-state index in [1.54, 1.807) is 36.4 Å². The molecule has 1 aliphatic heterocycles. The van der Waals surface area contributed by atoms with Gasteiger partial charge in [0.15, 0.2) is 5.78 Å². The summed E-state index contributed by atoms with van der Waals surface area (Å²) < 4.78 is 5.89. The molecule has 5 rings (SSSR count). The van der Waals surface area contributed by atoms with Gasteiger partial charge in [0.25, 0.3) is 0 Å². The van der Waals surface area contributed by atoms with Crippen LogP contribution in [0.4, 0.5) is 0 Å². The van der Waals surface area contributed by atoms with E-state index in [0.717, 1.165) is 36.2 Å². The molecule has 6 nitrogen and oxygen atoms in total. The molecule has 1 aliphatic carbocycles. The summed E-state index contributed by atoms with van der Waals surface area (Å²) in [6.07, 6.45) is 6.06. The lowest BCUT2D eigenvalue weighted by Crippen LogP contribution is -2.49. The molecule has 1 aromatic heterocycles. The summed E-state index contributed by atoms with van der Waals surface area (Å²) in [5.74, 6) is -2.88. The summed E-state index contributed by atoms with van der Waals surface area (Å²) >= 11 is 7.35. The number of likely N-dealkylation sites (tertiary alicyclic amines) is 1. The highest BCUT2D eigenvalue weighted by Crippen LogP contribution is 2.48. The van der Waals surface area contributed by atoms with Gasteiger partial charge in [-0.2, -0.15) is 0 Å². The summed E-state index contributed by atoms with van der Waals surface area (Å²) in [5, 5.41) is 10.6. The van der Waals surface area contributed by atoms with Crippen LogP contribution in [0.1, 0.15) is 46.0 Å². The third kappa shape index (κ3) is 5.00. The molecule has 196 valence electrons. The average molecular weight is 550 g/mol. The van der Waals surface area contributed by atoms with Crippen LogP contribution < -0.4 is 4.74 Å². The van der Waals surface area contributed by atoms with Gasteiger partial charge in [-0.05, 0) is 48.2 Å². The normalized spacial score (nSPS) is 23.4. The molecule has 1 saturated heterocycles. The monoisotopic (exact) mass is 549 g/mol. The largest absolute Gasteiger partial charge is 0.497 e. The van der Waals surface area contributed by atoms with Crippen LogP contribution in [0.2, 0.25) is 4.34 Å². The van der Waals surface area contributed by atoms with Gasteiger partial charge in [-0.1, -0.05) is 72.6 Å². The van der Waals surface area contributed by atoms with E-state index in [-0.39, 0.29) is 17.6 Å². The van der Waals surface area contributed by atoms with Crippen molar-refractivity contribution in [2.45, 2.75) is 37.3 Å². The fourth-order valence-corrected chi connectivity index (χ4v) is 6.55. The molecule has 3 aromatic rings. The number of thiophene rings is 1. The quantitative estimate of drug-likeness (QED) is 0.340. The number of carbonyl (C=O) groups is 3. The molecule has 1 saturated carbocycles. The Bertz CT molecular complexity index is 1370. The number of aliphatic carboxylic acids is 1. The molecule has 2 fully saturated rings. The molecule has 0 bridgehead atoms. The van der Waals surface area contributed by atoms with Gasteiger partial charge in [-0.25, -0.2) is 4.79 Å². The smallest absolute Gasteiger partial charge is 0.327 e. The second-order valence-electron chi connectivity index (χ2n) is 9.71. The number of carboxylic acids is 1. The van der Waals surface area contributed by atoms with Gasteiger partial charge in [0, 0.05) is 11.8 Å². The zero-order chi connectivity index (χ0) is 26.8. The number of ether oxygens (including phenoxy) is 1. The number of benzene rings is 2. The Morgan fingerprint density at radius 2 is 1.82 bits per heavy atom. The second kappa shape index (κ2) is 11.1. The number of carboxylic acid groups (broad SMARTS) is 1. The van der Waals surface area contributed by atoms with E-state index in [0.29, 0.717) is 20.5 Å². The van der Waals surface area contributed by atoms with Gasteiger partial charge in [0.1, 0.15) is 11.8 Å². The minimum absolute atomic E-state index is 0.209. The third-order valence-electron chi connectivity index (χ3n) is 7.56. The van der Waals surface area contributed by atoms with Crippen molar-refractivity contribution in [3.63, 3.8) is 0 Å². The summed E-state index contributed by atoms with van der Waals surface area (Å²) in [4.78, 5) is 42.8. The van der Waals surface area contributed by atoms with E-state index in [4.69, 9.17) is 16.3 Å². The topological polar surface area (TPSA) is 83.9 Å². The Morgan fingerprint density at radius 3 is 2.42 bits per heavy atom. The van der Waals surface area contributed by atoms with E-state index in [1.165, 1.54) is 12.0 Å². The number of hydrogen-bond donors (Lipinski definition) is 1. The van der Waals surface area contributed by atoms with Gasteiger partial charge < -0.3 is 14.7 Å². The van der Waals surface area contributed by atoms with Crippen molar-refractivity contribution in [3.8, 4) is 5.75 Å². The van der Waals surface area contributed by atoms with Gasteiger partial charge in [-0.3, -0.25) is 9.59 Å². The van der Waals surface area contributed by atoms with E-state index >= 15 is 0 Å². The highest BCUT2D eigenvalue weighted by Gasteiger charge is 2.57. The predicted octanol–water partition coefficient (Wildman–Crippen LogP) is 6.17. The SMILES string of the molecule is COc1cccc(C2C(C(=O)c3ccc(Cl)s3)C(C=Cc3ccccc3)N(C(=O)C3CCC3)C2C(=O)O)c1. The van der Waals surface area contributed by atoms with Crippen molar-refractivity contribution in [2.24, 2.45) is 11.8 Å². The first-order chi connectivity index (χ1) is 18.4. The summed E-state index contributed by atoms with van der Waals surface area (Å²) in [5.41, 5.74) is 1.53. The van der Waals surface area contributed by atoms with E-state index < -0.39 is 29.9 Å². The average Bonchev–Trinajstić information content (AvgIpc) is 3.48. The maximum Gasteiger partial charge on any atom is 0.327 e. The number of carbonyl (C=O) groups excluding carboxylic acids is 2. The fraction of sp³-hybridized carbons (Fsp3) is 0.300. The summed E-state index contributed by atoms with van der Waals surface area (Å²) in [6.45, 7) is 0. The van der Waals surface area contributed by atoms with Crippen LogP contribution in [0.3, 0.4) is 0 Å². The lowest BCUT2D eigenvalue weighted by atomic mass is 9.78. The Kier molecular flexibility index (Phi) is 7.68. The van der Waals surface area contributed by atoms with E-state index in [9.17, 15) is 19.5 Å². The fourth-order valence-electron chi connectivity index (χ4n) is 5.52. The van der Waals surface area contributed by atoms with Crippen LogP contribution in [-0.4, -0.2) is 46.9 Å². The third-order valence-corrected chi connectivity index (χ3v) is 8.81. The zero-order valence-electron chi connectivity index (χ0n) is 20.8. The van der Waals surface area contributed by atoms with Gasteiger partial charge in [0.05, 0.1) is 28.3 Å². The van der Waals surface area contributed by atoms with Crippen molar-refractivity contribution in [2.75, 3.05) is 7.11 Å². The minimum Gasteiger partial charge on any atom is -0.497 e. The van der Waals surface area contributed by atoms with E-state index in [2.05, 4.69) is 0 Å². The number of nitrogens with zero attached hydrogens (tertiary/aromatic N) is 1. The van der Waals surface area contributed by atoms with Crippen LogP contribution in [0.5, 0.6) is 5.75 Å². The first-order valence-electron chi connectivity index (χ1n) is 12.6. The molecule has 0 spiro atoms. The number of methoxy groups -OCH3 is 1. The standard InChI is InChI=1S/C30H28ClNO5S/c1-37-21-12-6-11-20(17-21)25-26(28(33)23-15-16-24(31)38-23)22(14-13-18-7-3-2-4-8-18)32(27(25)30(35)36)29(34)19-9-5-10-19/h2-4,6-8,11-17,19,22,25-27H,5,9-10H2,1H3,(H,35,36).